The Bertz CT molecular complexity index is 362. The van der Waals surface area contributed by atoms with Gasteiger partial charge in [-0.15, -0.1) is 11.3 Å². The first kappa shape index (κ1) is 9.75. The Labute approximate surface area is 80.6 Å². The van der Waals surface area contributed by atoms with Gasteiger partial charge in [-0.3, -0.25) is 0 Å². The Morgan fingerprint density at radius 2 is 2.46 bits per heavy atom. The predicted molar refractivity (Wildman–Crippen MR) is 49.7 cm³/mol. The van der Waals surface area contributed by atoms with Crippen molar-refractivity contribution in [2.45, 2.75) is 13.3 Å². The van der Waals surface area contributed by atoms with Gasteiger partial charge in [-0.2, -0.15) is 5.26 Å². The number of ether oxygens (including phenoxy) is 1. The average Bonchev–Trinajstić information content (AvgIpc) is 2.47. The molecule has 0 radical (unpaired) electrons. The van der Waals surface area contributed by atoms with E-state index in [9.17, 15) is 4.79 Å². The summed E-state index contributed by atoms with van der Waals surface area (Å²) >= 11 is 1.42. The van der Waals surface area contributed by atoms with Crippen LogP contribution in [0.3, 0.4) is 0 Å². The summed E-state index contributed by atoms with van der Waals surface area (Å²) in [6.07, 6.45) is 0.267. The van der Waals surface area contributed by atoms with Crippen LogP contribution in [0.15, 0.2) is 5.38 Å². The standard InChI is InChI=1S/C9H9NO2S/c1-6-5-13-7(3-4-10)8(6)9(11)12-2/h5H,3H2,1-2H3. The first-order valence-electron chi connectivity index (χ1n) is 3.73. The molecule has 0 amide bonds. The Hall–Kier alpha value is -1.34. The van der Waals surface area contributed by atoms with E-state index < -0.39 is 0 Å². The fraction of sp³-hybridized carbons (Fsp3) is 0.333. The van der Waals surface area contributed by atoms with Crippen LogP contribution in [0.5, 0.6) is 0 Å². The van der Waals surface area contributed by atoms with Crippen molar-refractivity contribution in [2.75, 3.05) is 7.11 Å². The lowest BCUT2D eigenvalue weighted by Crippen LogP contribution is -2.04. The van der Waals surface area contributed by atoms with Crippen LogP contribution in [0.4, 0.5) is 0 Å². The molecule has 0 saturated heterocycles. The van der Waals surface area contributed by atoms with E-state index in [1.165, 1.54) is 18.4 Å². The van der Waals surface area contributed by atoms with Crippen molar-refractivity contribution in [1.29, 1.82) is 5.26 Å². The van der Waals surface area contributed by atoms with Gasteiger partial charge in [0.1, 0.15) is 0 Å². The van der Waals surface area contributed by atoms with Gasteiger partial charge in [0.25, 0.3) is 0 Å². The van der Waals surface area contributed by atoms with Crippen LogP contribution in [-0.2, 0) is 11.2 Å². The third-order valence-corrected chi connectivity index (χ3v) is 2.78. The SMILES string of the molecule is COC(=O)c1c(C)csc1CC#N. The molecule has 13 heavy (non-hydrogen) atoms. The molecule has 0 N–H and O–H groups in total. The number of nitriles is 1. The molecular weight excluding hydrogens is 186 g/mol. The minimum absolute atomic E-state index is 0.267. The predicted octanol–water partition coefficient (Wildman–Crippen LogP) is 1.91. The van der Waals surface area contributed by atoms with Gasteiger partial charge in [-0.1, -0.05) is 0 Å². The molecule has 0 aliphatic heterocycles. The summed E-state index contributed by atoms with van der Waals surface area (Å²) in [5.74, 6) is -0.357. The fourth-order valence-electron chi connectivity index (χ4n) is 1.08. The highest BCUT2D eigenvalue weighted by Gasteiger charge is 2.16. The summed E-state index contributed by atoms with van der Waals surface area (Å²) in [5.41, 5.74) is 1.43. The fourth-order valence-corrected chi connectivity index (χ4v) is 2.02. The lowest BCUT2D eigenvalue weighted by atomic mass is 10.1. The number of hydrogen-bond donors (Lipinski definition) is 0. The lowest BCUT2D eigenvalue weighted by Gasteiger charge is -1.99. The molecule has 1 aromatic heterocycles. The van der Waals surface area contributed by atoms with Crippen molar-refractivity contribution in [3.05, 3.63) is 21.4 Å². The molecule has 0 unspecified atom stereocenters. The zero-order valence-electron chi connectivity index (χ0n) is 7.46. The van der Waals surface area contributed by atoms with Crippen molar-refractivity contribution in [3.63, 3.8) is 0 Å². The van der Waals surface area contributed by atoms with Crippen LogP contribution in [0.1, 0.15) is 20.8 Å². The summed E-state index contributed by atoms with van der Waals surface area (Å²) in [7, 11) is 1.34. The van der Waals surface area contributed by atoms with Crippen molar-refractivity contribution in [2.24, 2.45) is 0 Å². The summed E-state index contributed by atoms with van der Waals surface area (Å²) in [4.78, 5) is 12.1. The van der Waals surface area contributed by atoms with E-state index in [0.717, 1.165) is 10.4 Å². The van der Waals surface area contributed by atoms with E-state index in [4.69, 9.17) is 5.26 Å². The molecule has 68 valence electrons. The van der Waals surface area contributed by atoms with Crippen molar-refractivity contribution >= 4 is 17.3 Å². The van der Waals surface area contributed by atoms with Gasteiger partial charge in [0.05, 0.1) is 25.2 Å². The minimum atomic E-state index is -0.357. The lowest BCUT2D eigenvalue weighted by molar-refractivity contribution is 0.0599. The highest BCUT2D eigenvalue weighted by atomic mass is 32.1. The maximum absolute atomic E-state index is 11.3. The first-order chi connectivity index (χ1) is 6.20. The zero-order chi connectivity index (χ0) is 9.84. The first-order valence-corrected chi connectivity index (χ1v) is 4.61. The number of carbonyl (C=O) groups excluding carboxylic acids is 1. The van der Waals surface area contributed by atoms with E-state index >= 15 is 0 Å². The second-order valence-corrected chi connectivity index (χ2v) is 3.51. The second-order valence-electron chi connectivity index (χ2n) is 2.54. The second kappa shape index (κ2) is 4.06. The van der Waals surface area contributed by atoms with E-state index in [0.29, 0.717) is 5.56 Å². The van der Waals surface area contributed by atoms with Gasteiger partial charge >= 0.3 is 5.97 Å². The van der Waals surface area contributed by atoms with Crippen molar-refractivity contribution in [1.82, 2.24) is 0 Å². The molecule has 0 atom stereocenters. The average molecular weight is 195 g/mol. The number of carbonyl (C=O) groups is 1. The smallest absolute Gasteiger partial charge is 0.339 e. The summed E-state index contributed by atoms with van der Waals surface area (Å²) in [5, 5.41) is 10.4. The molecule has 1 heterocycles. The molecule has 1 aromatic rings. The number of aryl methyl sites for hydroxylation is 1. The summed E-state index contributed by atoms with van der Waals surface area (Å²) < 4.78 is 4.62. The Morgan fingerprint density at radius 3 is 3.00 bits per heavy atom. The van der Waals surface area contributed by atoms with Crippen LogP contribution in [-0.4, -0.2) is 13.1 Å². The highest BCUT2D eigenvalue weighted by molar-refractivity contribution is 7.10. The Balaban J connectivity index is 3.09. The molecule has 4 heteroatoms. The third kappa shape index (κ3) is 1.87. The number of rotatable bonds is 2. The molecule has 1 rings (SSSR count). The molecule has 0 aliphatic rings. The van der Waals surface area contributed by atoms with E-state index in [1.54, 1.807) is 0 Å². The van der Waals surface area contributed by atoms with Crippen LogP contribution in [0.2, 0.25) is 0 Å². The molecule has 3 nitrogen and oxygen atoms in total. The third-order valence-electron chi connectivity index (χ3n) is 1.68. The quantitative estimate of drug-likeness (QED) is 0.677. The van der Waals surface area contributed by atoms with Gasteiger partial charge in [0.15, 0.2) is 0 Å². The maximum Gasteiger partial charge on any atom is 0.339 e. The van der Waals surface area contributed by atoms with Gasteiger partial charge < -0.3 is 4.74 Å². The normalized spacial score (nSPS) is 9.31. The van der Waals surface area contributed by atoms with Gasteiger partial charge in [0.2, 0.25) is 0 Å². The van der Waals surface area contributed by atoms with Crippen molar-refractivity contribution in [3.8, 4) is 6.07 Å². The Kier molecular flexibility index (Phi) is 3.04. The van der Waals surface area contributed by atoms with Crippen LogP contribution >= 0.6 is 11.3 Å². The molecule has 0 spiro atoms. The van der Waals surface area contributed by atoms with Crippen LogP contribution in [0, 0.1) is 18.3 Å². The number of hydrogen-bond acceptors (Lipinski definition) is 4. The minimum Gasteiger partial charge on any atom is -0.465 e. The van der Waals surface area contributed by atoms with Crippen LogP contribution < -0.4 is 0 Å². The van der Waals surface area contributed by atoms with Gasteiger partial charge in [0, 0.05) is 4.88 Å². The topological polar surface area (TPSA) is 50.1 Å². The maximum atomic E-state index is 11.3. The molecule has 0 aliphatic carbocycles. The summed E-state index contributed by atoms with van der Waals surface area (Å²) in [6, 6.07) is 2.02. The van der Waals surface area contributed by atoms with E-state index in [1.807, 2.05) is 18.4 Å². The number of thiophene rings is 1. The van der Waals surface area contributed by atoms with E-state index in [2.05, 4.69) is 4.74 Å². The molecule has 0 fully saturated rings. The number of esters is 1. The zero-order valence-corrected chi connectivity index (χ0v) is 8.27. The molecule has 0 saturated carbocycles. The molecule has 0 bridgehead atoms. The molecule has 0 aromatic carbocycles. The Morgan fingerprint density at radius 1 is 1.77 bits per heavy atom. The monoisotopic (exact) mass is 195 g/mol. The van der Waals surface area contributed by atoms with Crippen molar-refractivity contribution < 1.29 is 9.53 Å². The van der Waals surface area contributed by atoms with Gasteiger partial charge in [-0.05, 0) is 17.9 Å². The van der Waals surface area contributed by atoms with Crippen LogP contribution in [0.25, 0.3) is 0 Å². The number of nitrogens with zero attached hydrogens (tertiary/aromatic N) is 1. The number of methoxy groups -OCH3 is 1. The molecular formula is C9H9NO2S. The van der Waals surface area contributed by atoms with Gasteiger partial charge in [-0.25, -0.2) is 4.79 Å². The van der Waals surface area contributed by atoms with E-state index in [-0.39, 0.29) is 12.4 Å². The highest BCUT2D eigenvalue weighted by Crippen LogP contribution is 2.22. The largest absolute Gasteiger partial charge is 0.465 e. The summed E-state index contributed by atoms with van der Waals surface area (Å²) in [6.45, 7) is 1.84.